The van der Waals surface area contributed by atoms with Gasteiger partial charge in [0.2, 0.25) is 0 Å². The molecule has 0 aliphatic rings. The van der Waals surface area contributed by atoms with Gasteiger partial charge in [0.15, 0.2) is 0 Å². The average molecular weight is 314 g/mol. The van der Waals surface area contributed by atoms with E-state index in [1.807, 2.05) is 0 Å². The van der Waals surface area contributed by atoms with Gasteiger partial charge in [-0.25, -0.2) is 0 Å². The van der Waals surface area contributed by atoms with Crippen molar-refractivity contribution in [3.05, 3.63) is 60.7 Å². The van der Waals surface area contributed by atoms with E-state index in [2.05, 4.69) is 92.2 Å². The van der Waals surface area contributed by atoms with Gasteiger partial charge in [0.05, 0.1) is 0 Å². The van der Waals surface area contributed by atoms with E-state index < -0.39 is 13.9 Å². The first kappa shape index (κ1) is 13.9. The van der Waals surface area contributed by atoms with Gasteiger partial charge in [0.25, 0.3) is 0 Å². The third kappa shape index (κ3) is 4.28. The third-order valence-electron chi connectivity index (χ3n) is 2.49. The molecule has 0 aromatic heterocycles. The predicted octanol–water partition coefficient (Wildman–Crippen LogP) is 2.88. The van der Waals surface area contributed by atoms with E-state index in [4.69, 9.17) is 0 Å². The van der Waals surface area contributed by atoms with Crippen LogP contribution in [0, 0.1) is 16.2 Å². The molecule has 0 N–H and O–H groups in total. The zero-order valence-corrected chi connectivity index (χ0v) is 13.4. The maximum absolute atomic E-state index is 3.57. The molecule has 0 aliphatic carbocycles. The van der Waals surface area contributed by atoms with Crippen molar-refractivity contribution in [2.45, 2.75) is 20.8 Å². The first-order valence-electron chi connectivity index (χ1n) is 6.43. The normalized spacial score (nSPS) is 10.9. The molecule has 0 nitrogen and oxygen atoms in total. The van der Waals surface area contributed by atoms with E-state index in [1.165, 1.54) is 8.92 Å². The monoisotopic (exact) mass is 315 g/mol. The second kappa shape index (κ2) is 6.11. The van der Waals surface area contributed by atoms with E-state index in [1.54, 1.807) is 0 Å². The summed E-state index contributed by atoms with van der Waals surface area (Å²) in [7, 11) is 0. The zero-order valence-electron chi connectivity index (χ0n) is 11.7. The molecule has 0 saturated carbocycles. The second-order valence-electron chi connectivity index (χ2n) is 5.41. The van der Waals surface area contributed by atoms with E-state index >= 15 is 0 Å². The molecule has 1 heteroatoms. The number of hydrogen-bond donors (Lipinski definition) is 0. The molecule has 0 heterocycles. The molecule has 0 aliphatic heterocycles. The summed E-state index contributed by atoms with van der Waals surface area (Å²) in [5.74, 6) is 3.42. The quantitative estimate of drug-likeness (QED) is 0.591. The standard InChI is InChI=1S/C18H19Se/c1-18(2,3)14-15-19(16-10-6-4-7-11-16)17-12-8-5-9-13-17/h4-13H,1-3H3/q+1. The maximum atomic E-state index is 3.57. The number of benzene rings is 2. The Hall–Kier alpha value is -1.48. The first-order valence-corrected chi connectivity index (χ1v) is 9.00. The van der Waals surface area contributed by atoms with E-state index in [-0.39, 0.29) is 5.41 Å². The van der Waals surface area contributed by atoms with Crippen LogP contribution in [-0.4, -0.2) is 13.9 Å². The molecular formula is C18H19Se+. The van der Waals surface area contributed by atoms with Crippen molar-refractivity contribution in [1.29, 1.82) is 0 Å². The average Bonchev–Trinajstić information content (AvgIpc) is 2.40. The van der Waals surface area contributed by atoms with Crippen LogP contribution in [0.5, 0.6) is 0 Å². The fourth-order valence-corrected chi connectivity index (χ4v) is 5.29. The van der Waals surface area contributed by atoms with Crippen LogP contribution in [0.15, 0.2) is 60.7 Å². The van der Waals surface area contributed by atoms with Gasteiger partial charge in [0, 0.05) is 0 Å². The Morgan fingerprint density at radius 1 is 0.737 bits per heavy atom. The summed E-state index contributed by atoms with van der Waals surface area (Å²) in [5.41, 5.74) is 0.0608. The van der Waals surface area contributed by atoms with Crippen molar-refractivity contribution in [1.82, 2.24) is 0 Å². The van der Waals surface area contributed by atoms with Gasteiger partial charge in [-0.05, 0) is 0 Å². The van der Waals surface area contributed by atoms with Gasteiger partial charge >= 0.3 is 120 Å². The third-order valence-corrected chi connectivity index (χ3v) is 6.25. The second-order valence-corrected chi connectivity index (χ2v) is 9.10. The molecular weight excluding hydrogens is 295 g/mol. The van der Waals surface area contributed by atoms with Gasteiger partial charge < -0.3 is 0 Å². The summed E-state index contributed by atoms with van der Waals surface area (Å²) in [4.78, 5) is 3.57. The Kier molecular flexibility index (Phi) is 4.48. The van der Waals surface area contributed by atoms with Crippen LogP contribution in [0.4, 0.5) is 0 Å². The van der Waals surface area contributed by atoms with E-state index in [9.17, 15) is 0 Å². The Labute approximate surface area is 120 Å². The molecule has 0 radical (unpaired) electrons. The van der Waals surface area contributed by atoms with Crippen molar-refractivity contribution in [2.75, 3.05) is 0 Å². The van der Waals surface area contributed by atoms with Crippen LogP contribution in [0.2, 0.25) is 0 Å². The Morgan fingerprint density at radius 3 is 1.53 bits per heavy atom. The summed E-state index contributed by atoms with van der Waals surface area (Å²) in [5, 5.41) is 0. The number of hydrogen-bond acceptors (Lipinski definition) is 0. The minimum absolute atomic E-state index is 0.0608. The van der Waals surface area contributed by atoms with Crippen LogP contribution in [0.3, 0.4) is 0 Å². The van der Waals surface area contributed by atoms with Crippen LogP contribution >= 0.6 is 0 Å². The Bertz CT molecular complexity index is 528. The number of rotatable bonds is 2. The zero-order chi connectivity index (χ0) is 13.7. The van der Waals surface area contributed by atoms with Crippen molar-refractivity contribution in [3.63, 3.8) is 0 Å². The first-order chi connectivity index (χ1) is 9.06. The molecule has 19 heavy (non-hydrogen) atoms. The molecule has 0 atom stereocenters. The van der Waals surface area contributed by atoms with Crippen LogP contribution < -0.4 is 8.92 Å². The van der Waals surface area contributed by atoms with E-state index in [0.29, 0.717) is 0 Å². The van der Waals surface area contributed by atoms with Crippen LogP contribution in [-0.2, 0) is 0 Å². The van der Waals surface area contributed by atoms with Crippen LogP contribution in [0.25, 0.3) is 0 Å². The summed E-state index contributed by atoms with van der Waals surface area (Å²) in [6.45, 7) is 6.50. The summed E-state index contributed by atoms with van der Waals surface area (Å²) in [6.07, 6.45) is 0. The summed E-state index contributed by atoms with van der Waals surface area (Å²) < 4.78 is 2.76. The molecule has 96 valence electrons. The summed E-state index contributed by atoms with van der Waals surface area (Å²) >= 11 is -1.25. The van der Waals surface area contributed by atoms with E-state index in [0.717, 1.165) is 0 Å². The van der Waals surface area contributed by atoms with Crippen molar-refractivity contribution in [2.24, 2.45) is 5.41 Å². The molecule has 0 bridgehead atoms. The summed E-state index contributed by atoms with van der Waals surface area (Å²) in [6, 6.07) is 21.4. The molecule has 0 spiro atoms. The fraction of sp³-hybridized carbons (Fsp3) is 0.222. The van der Waals surface area contributed by atoms with Crippen molar-refractivity contribution in [3.8, 4) is 10.7 Å². The fourth-order valence-electron chi connectivity index (χ4n) is 1.57. The Balaban J connectivity index is 2.42. The Morgan fingerprint density at radius 2 is 1.16 bits per heavy atom. The minimum atomic E-state index is -1.25. The van der Waals surface area contributed by atoms with Crippen molar-refractivity contribution < 1.29 is 0 Å². The van der Waals surface area contributed by atoms with Gasteiger partial charge in [-0.3, -0.25) is 0 Å². The van der Waals surface area contributed by atoms with Gasteiger partial charge in [-0.2, -0.15) is 0 Å². The molecule has 0 saturated heterocycles. The molecule has 0 unspecified atom stereocenters. The van der Waals surface area contributed by atoms with Crippen molar-refractivity contribution >= 4 is 22.8 Å². The molecule has 0 amide bonds. The van der Waals surface area contributed by atoms with Crippen LogP contribution in [0.1, 0.15) is 20.8 Å². The van der Waals surface area contributed by atoms with Gasteiger partial charge in [-0.15, -0.1) is 0 Å². The van der Waals surface area contributed by atoms with Gasteiger partial charge in [0.1, 0.15) is 0 Å². The SMILES string of the molecule is CC(C)(C)C#C[Se+](c1ccccc1)c1ccccc1. The molecule has 0 fully saturated rings. The topological polar surface area (TPSA) is 0 Å². The molecule has 2 aromatic rings. The molecule has 2 aromatic carbocycles. The molecule has 2 rings (SSSR count). The van der Waals surface area contributed by atoms with Gasteiger partial charge in [-0.1, -0.05) is 0 Å². The predicted molar refractivity (Wildman–Crippen MR) is 85.1 cm³/mol.